The fourth-order valence-electron chi connectivity index (χ4n) is 2.12. The SMILES string of the molecule is COC(=O)N1CC(C)(NC(=O)Nc2ccccc2F)C1. The van der Waals surface area contributed by atoms with Gasteiger partial charge in [-0.15, -0.1) is 0 Å². The standard InChI is InChI=1S/C13H16FN3O3/c1-13(7-17(8-13)12(19)20-2)16-11(18)15-10-6-4-3-5-9(10)14/h3-6H,7-8H2,1-2H3,(H2,15,16,18). The summed E-state index contributed by atoms with van der Waals surface area (Å²) in [7, 11) is 1.30. The van der Waals surface area contributed by atoms with Crippen LogP contribution in [0.4, 0.5) is 19.7 Å². The van der Waals surface area contributed by atoms with Crippen LogP contribution >= 0.6 is 0 Å². The lowest BCUT2D eigenvalue weighted by Gasteiger charge is -2.47. The Hall–Kier alpha value is -2.31. The molecule has 0 spiro atoms. The molecule has 1 aromatic rings. The van der Waals surface area contributed by atoms with Crippen molar-refractivity contribution in [3.05, 3.63) is 30.1 Å². The molecule has 0 aromatic heterocycles. The van der Waals surface area contributed by atoms with Crippen molar-refractivity contribution in [2.45, 2.75) is 12.5 Å². The Morgan fingerprint density at radius 1 is 1.35 bits per heavy atom. The lowest BCUT2D eigenvalue weighted by Crippen LogP contribution is -2.70. The molecule has 2 rings (SSSR count). The Morgan fingerprint density at radius 2 is 2.00 bits per heavy atom. The number of nitrogens with one attached hydrogen (secondary N) is 2. The van der Waals surface area contributed by atoms with E-state index < -0.39 is 23.5 Å². The van der Waals surface area contributed by atoms with Gasteiger partial charge in [-0.25, -0.2) is 14.0 Å². The maximum absolute atomic E-state index is 13.4. The molecule has 6 nitrogen and oxygen atoms in total. The number of anilines is 1. The van der Waals surface area contributed by atoms with E-state index in [0.717, 1.165) is 0 Å². The van der Waals surface area contributed by atoms with E-state index >= 15 is 0 Å². The first-order valence-corrected chi connectivity index (χ1v) is 6.10. The smallest absolute Gasteiger partial charge is 0.409 e. The fraction of sp³-hybridized carbons (Fsp3) is 0.385. The van der Waals surface area contributed by atoms with Crippen LogP contribution in [0.2, 0.25) is 0 Å². The van der Waals surface area contributed by atoms with Crippen molar-refractivity contribution < 1.29 is 18.7 Å². The summed E-state index contributed by atoms with van der Waals surface area (Å²) in [5, 5.41) is 5.14. The monoisotopic (exact) mass is 281 g/mol. The highest BCUT2D eigenvalue weighted by Gasteiger charge is 2.43. The minimum Gasteiger partial charge on any atom is -0.453 e. The van der Waals surface area contributed by atoms with Gasteiger partial charge in [0.25, 0.3) is 0 Å². The summed E-state index contributed by atoms with van der Waals surface area (Å²) in [5.74, 6) is -0.502. The fourth-order valence-corrected chi connectivity index (χ4v) is 2.12. The predicted molar refractivity (Wildman–Crippen MR) is 70.9 cm³/mol. The molecule has 0 saturated carbocycles. The highest BCUT2D eigenvalue weighted by molar-refractivity contribution is 5.90. The molecule has 3 amide bonds. The van der Waals surface area contributed by atoms with Gasteiger partial charge in [0.2, 0.25) is 0 Å². The molecule has 1 aliphatic heterocycles. The number of rotatable bonds is 2. The number of carbonyl (C=O) groups excluding carboxylic acids is 2. The van der Waals surface area contributed by atoms with Gasteiger partial charge in [-0.05, 0) is 19.1 Å². The average molecular weight is 281 g/mol. The van der Waals surface area contributed by atoms with Crippen molar-refractivity contribution in [2.24, 2.45) is 0 Å². The van der Waals surface area contributed by atoms with Crippen LogP contribution < -0.4 is 10.6 Å². The zero-order valence-corrected chi connectivity index (χ0v) is 11.3. The summed E-state index contributed by atoms with van der Waals surface area (Å²) in [6, 6.07) is 5.39. The number of nitrogens with zero attached hydrogens (tertiary/aromatic N) is 1. The zero-order chi connectivity index (χ0) is 14.8. The second kappa shape index (κ2) is 5.36. The minimum absolute atomic E-state index is 0.109. The topological polar surface area (TPSA) is 70.7 Å². The molecule has 20 heavy (non-hydrogen) atoms. The normalized spacial score (nSPS) is 16.1. The number of para-hydroxylation sites is 1. The number of hydrogen-bond acceptors (Lipinski definition) is 3. The van der Waals surface area contributed by atoms with Crippen LogP contribution in [0.1, 0.15) is 6.92 Å². The molecule has 0 unspecified atom stereocenters. The Morgan fingerprint density at radius 3 is 2.60 bits per heavy atom. The zero-order valence-electron chi connectivity index (χ0n) is 11.3. The van der Waals surface area contributed by atoms with E-state index in [9.17, 15) is 14.0 Å². The van der Waals surface area contributed by atoms with Gasteiger partial charge in [-0.2, -0.15) is 0 Å². The molecule has 108 valence electrons. The first-order valence-electron chi connectivity index (χ1n) is 6.10. The van der Waals surface area contributed by atoms with Crippen molar-refractivity contribution in [3.63, 3.8) is 0 Å². The van der Waals surface area contributed by atoms with Gasteiger partial charge in [-0.3, -0.25) is 0 Å². The van der Waals surface area contributed by atoms with Gasteiger partial charge in [0, 0.05) is 13.1 Å². The quantitative estimate of drug-likeness (QED) is 0.868. The van der Waals surface area contributed by atoms with E-state index in [2.05, 4.69) is 15.4 Å². The van der Waals surface area contributed by atoms with Crippen molar-refractivity contribution in [3.8, 4) is 0 Å². The van der Waals surface area contributed by atoms with E-state index in [0.29, 0.717) is 13.1 Å². The van der Waals surface area contributed by atoms with Crippen LogP contribution in [0.15, 0.2) is 24.3 Å². The maximum atomic E-state index is 13.4. The first kappa shape index (κ1) is 14.1. The Bertz CT molecular complexity index is 529. The minimum atomic E-state index is -0.538. The van der Waals surface area contributed by atoms with Gasteiger partial charge < -0.3 is 20.3 Å². The molecule has 0 atom stereocenters. The molecular formula is C13H16FN3O3. The van der Waals surface area contributed by atoms with Crippen LogP contribution in [-0.2, 0) is 4.74 Å². The van der Waals surface area contributed by atoms with Gasteiger partial charge in [-0.1, -0.05) is 12.1 Å². The molecule has 1 aliphatic rings. The first-order chi connectivity index (χ1) is 9.43. The summed E-state index contributed by atoms with van der Waals surface area (Å²) in [6.07, 6.45) is -0.432. The predicted octanol–water partition coefficient (Wildman–Crippen LogP) is 1.79. The third kappa shape index (κ3) is 2.98. The van der Waals surface area contributed by atoms with E-state index in [1.165, 1.54) is 24.1 Å². The summed E-state index contributed by atoms with van der Waals surface area (Å²) in [5.41, 5.74) is -0.429. The van der Waals surface area contributed by atoms with E-state index in [-0.39, 0.29) is 5.69 Å². The van der Waals surface area contributed by atoms with Gasteiger partial charge in [0.15, 0.2) is 0 Å². The summed E-state index contributed by atoms with van der Waals surface area (Å²) < 4.78 is 18.0. The van der Waals surface area contributed by atoms with Gasteiger partial charge >= 0.3 is 12.1 Å². The van der Waals surface area contributed by atoms with E-state index in [1.807, 2.05) is 0 Å². The number of likely N-dealkylation sites (tertiary alicyclic amines) is 1. The molecule has 2 N–H and O–H groups in total. The van der Waals surface area contributed by atoms with E-state index in [4.69, 9.17) is 0 Å². The highest BCUT2D eigenvalue weighted by Crippen LogP contribution is 2.21. The molecule has 0 radical (unpaired) electrons. The van der Waals surface area contributed by atoms with Crippen LogP contribution in [0, 0.1) is 5.82 Å². The van der Waals surface area contributed by atoms with Gasteiger partial charge in [0.1, 0.15) is 5.82 Å². The lowest BCUT2D eigenvalue weighted by molar-refractivity contribution is 0.0476. The number of amides is 3. The number of methoxy groups -OCH3 is 1. The molecule has 1 aromatic carbocycles. The summed E-state index contributed by atoms with van der Waals surface area (Å²) in [6.45, 7) is 2.50. The van der Waals surface area contributed by atoms with Crippen LogP contribution in [0.3, 0.4) is 0 Å². The molecule has 1 fully saturated rings. The third-order valence-electron chi connectivity index (χ3n) is 3.05. The molecule has 7 heteroatoms. The maximum Gasteiger partial charge on any atom is 0.409 e. The highest BCUT2D eigenvalue weighted by atomic mass is 19.1. The number of benzene rings is 1. The van der Waals surface area contributed by atoms with E-state index in [1.54, 1.807) is 19.1 Å². The van der Waals surface area contributed by atoms with Crippen molar-refractivity contribution in [2.75, 3.05) is 25.5 Å². The van der Waals surface area contributed by atoms with Crippen LogP contribution in [0.5, 0.6) is 0 Å². The number of carbonyl (C=O) groups is 2. The van der Waals surface area contributed by atoms with Gasteiger partial charge in [0.05, 0.1) is 18.3 Å². The lowest BCUT2D eigenvalue weighted by atomic mass is 9.93. The Kier molecular flexibility index (Phi) is 3.78. The summed E-state index contributed by atoms with van der Waals surface area (Å²) >= 11 is 0. The molecule has 1 heterocycles. The van der Waals surface area contributed by atoms with Crippen LogP contribution in [0.25, 0.3) is 0 Å². The van der Waals surface area contributed by atoms with Crippen molar-refractivity contribution in [1.29, 1.82) is 0 Å². The van der Waals surface area contributed by atoms with Crippen LogP contribution in [-0.4, -0.2) is 42.8 Å². The molecular weight excluding hydrogens is 265 g/mol. The number of ether oxygens (including phenoxy) is 1. The average Bonchev–Trinajstić information content (AvgIpc) is 2.37. The Labute approximate surface area is 115 Å². The summed E-state index contributed by atoms with van der Waals surface area (Å²) in [4.78, 5) is 24.5. The third-order valence-corrected chi connectivity index (χ3v) is 3.05. The van der Waals surface area contributed by atoms with Crippen molar-refractivity contribution >= 4 is 17.8 Å². The number of hydrogen-bond donors (Lipinski definition) is 2. The molecule has 1 saturated heterocycles. The second-order valence-corrected chi connectivity index (χ2v) is 4.95. The van der Waals surface area contributed by atoms with Crippen molar-refractivity contribution in [1.82, 2.24) is 10.2 Å². The molecule has 0 aliphatic carbocycles. The Balaban J connectivity index is 1.87. The molecule has 0 bridgehead atoms. The number of urea groups is 1. The largest absolute Gasteiger partial charge is 0.453 e. The number of halogens is 1. The second-order valence-electron chi connectivity index (χ2n) is 4.95.